The summed E-state index contributed by atoms with van der Waals surface area (Å²) in [4.78, 5) is 39.9. The number of rotatable bonds is 8. The number of carbonyl (C=O) groups is 2. The Labute approximate surface area is 202 Å². The average molecular weight is 484 g/mol. The predicted octanol–water partition coefficient (Wildman–Crippen LogP) is 2.23. The number of aromatic nitrogens is 2. The summed E-state index contributed by atoms with van der Waals surface area (Å²) in [7, 11) is 3.15. The summed E-state index contributed by atoms with van der Waals surface area (Å²) in [5, 5.41) is 3.73. The van der Waals surface area contributed by atoms with Gasteiger partial charge < -0.3 is 19.7 Å². The van der Waals surface area contributed by atoms with E-state index in [0.29, 0.717) is 60.7 Å². The van der Waals surface area contributed by atoms with Crippen LogP contribution >= 0.6 is 11.3 Å². The quantitative estimate of drug-likeness (QED) is 0.525. The Hall–Kier alpha value is -3.08. The molecule has 3 aromatic rings. The van der Waals surface area contributed by atoms with Crippen molar-refractivity contribution < 1.29 is 19.1 Å². The molecule has 10 heteroatoms. The van der Waals surface area contributed by atoms with Gasteiger partial charge in [-0.3, -0.25) is 14.5 Å². The SMILES string of the molecule is COCc1nc(OC)c2c(C)c(C(=O)N3CCN(CC(=O)NCc4ccccc4)CC3)sc2n1. The van der Waals surface area contributed by atoms with Crippen LogP contribution in [0.5, 0.6) is 5.88 Å². The van der Waals surface area contributed by atoms with Crippen LogP contribution in [0.25, 0.3) is 10.2 Å². The van der Waals surface area contributed by atoms with Crippen LogP contribution in [0.15, 0.2) is 30.3 Å². The molecule has 1 N–H and O–H groups in total. The van der Waals surface area contributed by atoms with Crippen molar-refractivity contribution >= 4 is 33.4 Å². The first kappa shape index (κ1) is 24.1. The minimum Gasteiger partial charge on any atom is -0.480 e. The smallest absolute Gasteiger partial charge is 0.264 e. The third kappa shape index (κ3) is 5.35. The van der Waals surface area contributed by atoms with Crippen LogP contribution in [-0.2, 0) is 22.7 Å². The van der Waals surface area contributed by atoms with Crippen LogP contribution < -0.4 is 10.1 Å². The Balaban J connectivity index is 1.36. The summed E-state index contributed by atoms with van der Waals surface area (Å²) in [6, 6.07) is 9.84. The highest BCUT2D eigenvalue weighted by Crippen LogP contribution is 2.35. The maximum absolute atomic E-state index is 13.3. The van der Waals surface area contributed by atoms with E-state index in [9.17, 15) is 9.59 Å². The Morgan fingerprint density at radius 1 is 1.09 bits per heavy atom. The number of hydrogen-bond donors (Lipinski definition) is 1. The number of nitrogens with zero attached hydrogens (tertiary/aromatic N) is 4. The van der Waals surface area contributed by atoms with Gasteiger partial charge in [-0.2, -0.15) is 4.98 Å². The molecule has 180 valence electrons. The molecule has 0 unspecified atom stereocenters. The molecule has 1 aromatic carbocycles. The first-order chi connectivity index (χ1) is 16.5. The molecule has 1 aliphatic heterocycles. The fourth-order valence-electron chi connectivity index (χ4n) is 4.00. The number of piperazine rings is 1. The van der Waals surface area contributed by atoms with Gasteiger partial charge in [-0.25, -0.2) is 4.98 Å². The maximum Gasteiger partial charge on any atom is 0.264 e. The van der Waals surface area contributed by atoms with Crippen LogP contribution in [0.4, 0.5) is 0 Å². The lowest BCUT2D eigenvalue weighted by Crippen LogP contribution is -2.51. The van der Waals surface area contributed by atoms with Gasteiger partial charge in [-0.05, 0) is 18.1 Å². The van der Waals surface area contributed by atoms with Crippen molar-refractivity contribution in [2.75, 3.05) is 46.9 Å². The van der Waals surface area contributed by atoms with E-state index in [0.717, 1.165) is 16.5 Å². The second kappa shape index (κ2) is 10.9. The number of hydrogen-bond acceptors (Lipinski definition) is 8. The lowest BCUT2D eigenvalue weighted by Gasteiger charge is -2.34. The van der Waals surface area contributed by atoms with Crippen molar-refractivity contribution in [1.82, 2.24) is 25.1 Å². The molecule has 1 saturated heterocycles. The van der Waals surface area contributed by atoms with E-state index in [1.165, 1.54) is 11.3 Å². The Kier molecular flexibility index (Phi) is 7.71. The number of amides is 2. The first-order valence-electron chi connectivity index (χ1n) is 11.1. The monoisotopic (exact) mass is 483 g/mol. The van der Waals surface area contributed by atoms with Crippen molar-refractivity contribution in [3.05, 3.63) is 52.2 Å². The number of thiophene rings is 1. The van der Waals surface area contributed by atoms with Crippen molar-refractivity contribution in [1.29, 1.82) is 0 Å². The molecule has 0 spiro atoms. The minimum atomic E-state index is -0.0241. The van der Waals surface area contributed by atoms with E-state index in [4.69, 9.17) is 9.47 Å². The Morgan fingerprint density at radius 2 is 1.82 bits per heavy atom. The largest absolute Gasteiger partial charge is 0.480 e. The number of benzene rings is 1. The number of fused-ring (bicyclic) bond motifs is 1. The highest BCUT2D eigenvalue weighted by atomic mass is 32.1. The summed E-state index contributed by atoms with van der Waals surface area (Å²) in [5.41, 5.74) is 1.90. The molecule has 0 bridgehead atoms. The van der Waals surface area contributed by atoms with E-state index >= 15 is 0 Å². The van der Waals surface area contributed by atoms with Gasteiger partial charge in [0.2, 0.25) is 11.8 Å². The highest BCUT2D eigenvalue weighted by molar-refractivity contribution is 7.20. The van der Waals surface area contributed by atoms with E-state index < -0.39 is 0 Å². The minimum absolute atomic E-state index is 0.0125. The van der Waals surface area contributed by atoms with Crippen molar-refractivity contribution in [3.63, 3.8) is 0 Å². The standard InChI is InChI=1S/C24H29N5O4S/c1-16-20-22(33-3)26-18(15-32-2)27-23(20)34-21(16)24(31)29-11-9-28(10-12-29)14-19(30)25-13-17-7-5-4-6-8-17/h4-8H,9-15H2,1-3H3,(H,25,30). The summed E-state index contributed by atoms with van der Waals surface area (Å²) in [6.07, 6.45) is 0. The number of ether oxygens (including phenoxy) is 2. The number of nitrogens with one attached hydrogen (secondary N) is 1. The number of aryl methyl sites for hydroxylation is 1. The zero-order valence-corrected chi connectivity index (χ0v) is 20.5. The van der Waals surface area contributed by atoms with E-state index in [2.05, 4.69) is 20.2 Å². The second-order valence-electron chi connectivity index (χ2n) is 8.15. The van der Waals surface area contributed by atoms with Gasteiger partial charge in [0.25, 0.3) is 5.91 Å². The lowest BCUT2D eigenvalue weighted by molar-refractivity contribution is -0.122. The van der Waals surface area contributed by atoms with Crippen LogP contribution in [0.3, 0.4) is 0 Å². The van der Waals surface area contributed by atoms with Gasteiger partial charge in [0.05, 0.1) is 23.9 Å². The van der Waals surface area contributed by atoms with Crippen LogP contribution in [0.1, 0.15) is 26.6 Å². The molecule has 0 atom stereocenters. The molecular formula is C24H29N5O4S. The van der Waals surface area contributed by atoms with Crippen molar-refractivity contribution in [2.45, 2.75) is 20.1 Å². The molecule has 34 heavy (non-hydrogen) atoms. The summed E-state index contributed by atoms with van der Waals surface area (Å²) in [6.45, 7) is 5.44. The van der Waals surface area contributed by atoms with E-state index in [-0.39, 0.29) is 18.4 Å². The van der Waals surface area contributed by atoms with Gasteiger partial charge in [0.15, 0.2) is 5.82 Å². The molecule has 1 aliphatic rings. The molecule has 2 amide bonds. The Bertz CT molecular complexity index is 1160. The van der Waals surface area contributed by atoms with Gasteiger partial charge in [0, 0.05) is 39.8 Å². The normalized spacial score (nSPS) is 14.4. The second-order valence-corrected chi connectivity index (χ2v) is 9.15. The summed E-state index contributed by atoms with van der Waals surface area (Å²) < 4.78 is 10.6. The molecule has 4 rings (SSSR count). The van der Waals surface area contributed by atoms with Gasteiger partial charge in [0.1, 0.15) is 11.4 Å². The van der Waals surface area contributed by atoms with Crippen LogP contribution in [-0.4, -0.2) is 78.5 Å². The van der Waals surface area contributed by atoms with Gasteiger partial charge in [-0.15, -0.1) is 11.3 Å². The molecule has 0 radical (unpaired) electrons. The van der Waals surface area contributed by atoms with E-state index in [1.54, 1.807) is 14.2 Å². The van der Waals surface area contributed by atoms with Crippen LogP contribution in [0, 0.1) is 6.92 Å². The van der Waals surface area contributed by atoms with E-state index in [1.807, 2.05) is 42.2 Å². The predicted molar refractivity (Wildman–Crippen MR) is 130 cm³/mol. The maximum atomic E-state index is 13.3. The fraction of sp³-hybridized carbons (Fsp3) is 0.417. The number of methoxy groups -OCH3 is 2. The zero-order chi connectivity index (χ0) is 24.1. The average Bonchev–Trinajstić information content (AvgIpc) is 3.19. The topological polar surface area (TPSA) is 96.9 Å². The first-order valence-corrected chi connectivity index (χ1v) is 12.0. The fourth-order valence-corrected chi connectivity index (χ4v) is 5.16. The zero-order valence-electron chi connectivity index (χ0n) is 19.7. The van der Waals surface area contributed by atoms with Gasteiger partial charge in [-0.1, -0.05) is 30.3 Å². The molecule has 0 saturated carbocycles. The molecule has 3 heterocycles. The summed E-state index contributed by atoms with van der Waals surface area (Å²) >= 11 is 1.36. The third-order valence-corrected chi connectivity index (χ3v) is 7.00. The molecule has 1 fully saturated rings. The molecule has 9 nitrogen and oxygen atoms in total. The molecule has 0 aliphatic carbocycles. The van der Waals surface area contributed by atoms with Crippen molar-refractivity contribution in [3.8, 4) is 5.88 Å². The summed E-state index contributed by atoms with van der Waals surface area (Å²) in [5.74, 6) is 0.938. The van der Waals surface area contributed by atoms with Gasteiger partial charge >= 0.3 is 0 Å². The van der Waals surface area contributed by atoms with Crippen LogP contribution in [0.2, 0.25) is 0 Å². The highest BCUT2D eigenvalue weighted by Gasteiger charge is 2.27. The number of carbonyl (C=O) groups excluding carboxylic acids is 2. The third-order valence-electron chi connectivity index (χ3n) is 5.82. The van der Waals surface area contributed by atoms with Crippen molar-refractivity contribution in [2.24, 2.45) is 0 Å². The molecule has 2 aromatic heterocycles. The Morgan fingerprint density at radius 3 is 2.50 bits per heavy atom. The molecular weight excluding hydrogens is 454 g/mol. The lowest BCUT2D eigenvalue weighted by atomic mass is 10.2.